The third kappa shape index (κ3) is 2.63. The van der Waals surface area contributed by atoms with Crippen molar-refractivity contribution in [2.45, 2.75) is 65.5 Å². The Bertz CT molecular complexity index is 435. The molecule has 0 unspecified atom stereocenters. The summed E-state index contributed by atoms with van der Waals surface area (Å²) in [4.78, 5) is 0. The van der Waals surface area contributed by atoms with Crippen LogP contribution in [0.5, 0.6) is 0 Å². The van der Waals surface area contributed by atoms with Crippen LogP contribution in [0.25, 0.3) is 0 Å². The number of nitrogens with one attached hydrogen (secondary N) is 1. The highest BCUT2D eigenvalue weighted by Crippen LogP contribution is 2.52. The van der Waals surface area contributed by atoms with Gasteiger partial charge in [0.05, 0.1) is 0 Å². The fourth-order valence-electron chi connectivity index (χ4n) is 3.99. The molecule has 5 nitrogen and oxygen atoms in total. The third-order valence-corrected chi connectivity index (χ3v) is 6.84. The van der Waals surface area contributed by atoms with Crippen molar-refractivity contribution in [3.05, 3.63) is 0 Å². The number of rotatable bonds is 3. The second-order valence-electron chi connectivity index (χ2n) is 7.49. The molecule has 1 saturated heterocycles. The van der Waals surface area contributed by atoms with Crippen molar-refractivity contribution in [3.8, 4) is 0 Å². The highest BCUT2D eigenvalue weighted by atomic mass is 32.2. The fourth-order valence-corrected chi connectivity index (χ4v) is 5.78. The van der Waals surface area contributed by atoms with Crippen LogP contribution in [0.4, 0.5) is 0 Å². The minimum Gasteiger partial charge on any atom is -0.327 e. The van der Waals surface area contributed by atoms with E-state index in [0.29, 0.717) is 13.1 Å². The molecule has 1 saturated carbocycles. The van der Waals surface area contributed by atoms with Gasteiger partial charge in [0.25, 0.3) is 10.2 Å². The zero-order chi connectivity index (χ0) is 15.2. The lowest BCUT2D eigenvalue weighted by Crippen LogP contribution is -2.76. The van der Waals surface area contributed by atoms with Crippen molar-refractivity contribution in [1.29, 1.82) is 0 Å². The molecule has 1 aliphatic heterocycles. The average molecular weight is 303 g/mol. The summed E-state index contributed by atoms with van der Waals surface area (Å²) < 4.78 is 29.7. The Labute approximate surface area is 123 Å². The van der Waals surface area contributed by atoms with Gasteiger partial charge in [-0.25, -0.2) is 0 Å². The van der Waals surface area contributed by atoms with E-state index < -0.39 is 10.2 Å². The predicted octanol–water partition coefficient (Wildman–Crippen LogP) is 1.46. The van der Waals surface area contributed by atoms with Gasteiger partial charge in [0.2, 0.25) is 0 Å². The van der Waals surface area contributed by atoms with Crippen molar-refractivity contribution in [2.75, 3.05) is 13.1 Å². The topological polar surface area (TPSA) is 75.4 Å². The van der Waals surface area contributed by atoms with Gasteiger partial charge in [0.1, 0.15) is 0 Å². The molecule has 0 amide bonds. The summed E-state index contributed by atoms with van der Waals surface area (Å²) in [5.41, 5.74) is 5.79. The largest absolute Gasteiger partial charge is 0.327 e. The molecule has 0 atom stereocenters. The van der Waals surface area contributed by atoms with Gasteiger partial charge >= 0.3 is 0 Å². The van der Waals surface area contributed by atoms with Crippen LogP contribution < -0.4 is 10.5 Å². The molecule has 0 radical (unpaired) electrons. The molecule has 0 spiro atoms. The van der Waals surface area contributed by atoms with E-state index in [1.165, 1.54) is 0 Å². The number of hydrogen-bond donors (Lipinski definition) is 2. The Morgan fingerprint density at radius 3 is 1.90 bits per heavy atom. The molecule has 0 aromatic carbocycles. The highest BCUT2D eigenvalue weighted by molar-refractivity contribution is 7.87. The van der Waals surface area contributed by atoms with Crippen LogP contribution in [0.3, 0.4) is 0 Å². The zero-order valence-corrected chi connectivity index (χ0v) is 14.0. The summed E-state index contributed by atoms with van der Waals surface area (Å²) in [6, 6.07) is -0.106. The molecule has 3 N–H and O–H groups in total. The first-order valence-corrected chi connectivity index (χ1v) is 9.07. The van der Waals surface area contributed by atoms with Crippen molar-refractivity contribution in [2.24, 2.45) is 16.6 Å². The Morgan fingerprint density at radius 1 is 1.00 bits per heavy atom. The first-order chi connectivity index (χ1) is 9.10. The van der Waals surface area contributed by atoms with E-state index in [0.717, 1.165) is 25.7 Å². The van der Waals surface area contributed by atoms with Gasteiger partial charge in [-0.2, -0.15) is 17.4 Å². The van der Waals surface area contributed by atoms with Crippen LogP contribution in [-0.4, -0.2) is 37.9 Å². The second kappa shape index (κ2) is 5.23. The normalized spacial score (nSPS) is 34.2. The van der Waals surface area contributed by atoms with Crippen LogP contribution in [0.1, 0.15) is 53.4 Å². The molecular formula is C14H29N3O2S. The van der Waals surface area contributed by atoms with Crippen LogP contribution in [0.2, 0.25) is 0 Å². The summed E-state index contributed by atoms with van der Waals surface area (Å²) in [6.45, 7) is 9.43. The van der Waals surface area contributed by atoms with Gasteiger partial charge < -0.3 is 5.73 Å². The Morgan fingerprint density at radius 2 is 1.45 bits per heavy atom. The maximum atomic E-state index is 12.6. The lowest BCUT2D eigenvalue weighted by molar-refractivity contribution is -0.0600. The van der Waals surface area contributed by atoms with E-state index in [4.69, 9.17) is 5.73 Å². The van der Waals surface area contributed by atoms with Crippen LogP contribution >= 0.6 is 0 Å². The lowest BCUT2D eigenvalue weighted by Gasteiger charge is -2.62. The van der Waals surface area contributed by atoms with Crippen molar-refractivity contribution in [1.82, 2.24) is 9.03 Å². The molecule has 0 aromatic heterocycles. The van der Waals surface area contributed by atoms with Gasteiger partial charge in [0, 0.05) is 25.2 Å². The minimum absolute atomic E-state index is 0.00633. The Hall–Kier alpha value is -0.170. The summed E-state index contributed by atoms with van der Waals surface area (Å²) in [5.74, 6) is 0. The van der Waals surface area contributed by atoms with Gasteiger partial charge in [-0.1, -0.05) is 40.5 Å². The quantitative estimate of drug-likeness (QED) is 0.829. The molecule has 1 heterocycles. The summed E-state index contributed by atoms with van der Waals surface area (Å²) in [7, 11) is -3.40. The summed E-state index contributed by atoms with van der Waals surface area (Å²) in [6.07, 6.45) is 4.16. The second-order valence-corrected chi connectivity index (χ2v) is 9.19. The van der Waals surface area contributed by atoms with Crippen LogP contribution in [0.15, 0.2) is 0 Å². The molecular weight excluding hydrogens is 274 g/mol. The van der Waals surface area contributed by atoms with Crippen molar-refractivity contribution < 1.29 is 8.42 Å². The number of nitrogens with two attached hydrogens (primary N) is 1. The molecule has 2 fully saturated rings. The zero-order valence-electron chi connectivity index (χ0n) is 13.1. The maximum absolute atomic E-state index is 12.6. The summed E-state index contributed by atoms with van der Waals surface area (Å²) in [5, 5.41) is 0. The molecule has 0 bridgehead atoms. The van der Waals surface area contributed by atoms with Crippen molar-refractivity contribution in [3.63, 3.8) is 0 Å². The van der Waals surface area contributed by atoms with E-state index >= 15 is 0 Å². The van der Waals surface area contributed by atoms with Gasteiger partial charge in [-0.15, -0.1) is 0 Å². The standard InChI is InChI=1S/C14H29N3O2S/c1-13(2)11(15)14(3,4)12(13)16-20(18,19)17-9-7-5-6-8-10-17/h11-12,16H,5-10,15H2,1-4H3. The van der Waals surface area contributed by atoms with E-state index in [1.54, 1.807) is 4.31 Å². The van der Waals surface area contributed by atoms with E-state index in [1.807, 2.05) is 27.7 Å². The van der Waals surface area contributed by atoms with Gasteiger partial charge in [-0.3, -0.25) is 0 Å². The monoisotopic (exact) mass is 303 g/mol. The summed E-state index contributed by atoms with van der Waals surface area (Å²) >= 11 is 0. The smallest absolute Gasteiger partial charge is 0.279 e. The highest BCUT2D eigenvalue weighted by Gasteiger charge is 2.61. The minimum atomic E-state index is -3.40. The molecule has 2 aliphatic rings. The Balaban J connectivity index is 2.12. The number of nitrogens with zero attached hydrogens (tertiary/aromatic N) is 1. The van der Waals surface area contributed by atoms with Gasteiger partial charge in [-0.05, 0) is 23.7 Å². The van der Waals surface area contributed by atoms with Crippen LogP contribution in [-0.2, 0) is 10.2 Å². The molecule has 1 aliphatic carbocycles. The maximum Gasteiger partial charge on any atom is 0.279 e. The molecule has 6 heteroatoms. The Kier molecular flexibility index (Phi) is 4.24. The average Bonchev–Trinajstić information content (AvgIpc) is 2.64. The van der Waals surface area contributed by atoms with E-state index in [-0.39, 0.29) is 22.9 Å². The third-order valence-electron chi connectivity index (χ3n) is 5.26. The van der Waals surface area contributed by atoms with Crippen molar-refractivity contribution >= 4 is 10.2 Å². The molecule has 0 aromatic rings. The lowest BCUT2D eigenvalue weighted by atomic mass is 9.49. The van der Waals surface area contributed by atoms with Gasteiger partial charge in [0.15, 0.2) is 0 Å². The molecule has 118 valence electrons. The first kappa shape index (κ1) is 16.2. The molecule has 20 heavy (non-hydrogen) atoms. The fraction of sp³-hybridized carbons (Fsp3) is 1.00. The predicted molar refractivity (Wildman–Crippen MR) is 81.4 cm³/mol. The number of hydrogen-bond acceptors (Lipinski definition) is 3. The van der Waals surface area contributed by atoms with E-state index in [9.17, 15) is 8.42 Å². The SMILES string of the molecule is CC1(C)C(N)C(C)(C)C1NS(=O)(=O)N1CCCCCC1. The molecule has 2 rings (SSSR count). The van der Waals surface area contributed by atoms with E-state index in [2.05, 4.69) is 4.72 Å². The van der Waals surface area contributed by atoms with Crippen LogP contribution in [0, 0.1) is 10.8 Å². The first-order valence-electron chi connectivity index (χ1n) is 7.63.